The van der Waals surface area contributed by atoms with Crippen LogP contribution in [-0.2, 0) is 0 Å². The molecule has 0 rings (SSSR count). The minimum Gasteiger partial charge on any atom is -0.103 e. The highest BCUT2D eigenvalue weighted by molar-refractivity contribution is 4.86. The number of rotatable bonds is 3. The van der Waals surface area contributed by atoms with Crippen molar-refractivity contribution in [2.24, 2.45) is 5.92 Å². The molecule has 0 amide bonds. The Bertz CT molecular complexity index is 62.4. The molecule has 0 heterocycles. The van der Waals surface area contributed by atoms with E-state index in [1.54, 1.807) is 0 Å². The van der Waals surface area contributed by atoms with E-state index in [0.29, 0.717) is 5.92 Å². The number of hydrogen-bond acceptors (Lipinski definition) is 0. The average molecular weight is 95.2 g/mol. The zero-order valence-corrected chi connectivity index (χ0v) is 4.56. The van der Waals surface area contributed by atoms with Gasteiger partial charge in [0.05, 0.1) is 0 Å². The van der Waals surface area contributed by atoms with Crippen molar-refractivity contribution >= 4 is 0 Å². The van der Waals surface area contributed by atoms with Crippen LogP contribution in [0.2, 0.25) is 0 Å². The van der Waals surface area contributed by atoms with E-state index in [2.05, 4.69) is 20.1 Å². The highest BCUT2D eigenvalue weighted by atomic mass is 13.9. The van der Waals surface area contributed by atoms with Crippen LogP contribution in [-0.4, -0.2) is 0 Å². The van der Waals surface area contributed by atoms with Crippen LogP contribution in [0.4, 0.5) is 0 Å². The summed E-state index contributed by atoms with van der Waals surface area (Å²) in [5.41, 5.74) is 0. The monoisotopic (exact) mass is 95.1 g/mol. The van der Waals surface area contributed by atoms with Crippen molar-refractivity contribution in [3.05, 3.63) is 32.2 Å². The smallest absolute Gasteiger partial charge is 0.0201 e. The molecule has 0 heteroatoms. The number of allylic oxidation sites excluding steroid dienone is 2. The van der Waals surface area contributed by atoms with E-state index in [4.69, 9.17) is 0 Å². The molecule has 0 aliphatic heterocycles. The fraction of sp³-hybridized carbons (Fsp3) is 0.286. The van der Waals surface area contributed by atoms with Crippen molar-refractivity contribution < 1.29 is 0 Å². The van der Waals surface area contributed by atoms with Gasteiger partial charge in [0, 0.05) is 0 Å². The van der Waals surface area contributed by atoms with Gasteiger partial charge in [0.2, 0.25) is 0 Å². The van der Waals surface area contributed by atoms with Crippen molar-refractivity contribution in [3.63, 3.8) is 0 Å². The maximum Gasteiger partial charge on any atom is -0.0201 e. The van der Waals surface area contributed by atoms with E-state index in [1.807, 2.05) is 12.2 Å². The molecule has 39 valence electrons. The van der Waals surface area contributed by atoms with Crippen LogP contribution in [0.25, 0.3) is 0 Å². The minimum absolute atomic E-state index is 0.345. The van der Waals surface area contributed by atoms with Crippen molar-refractivity contribution in [3.8, 4) is 0 Å². The first-order chi connectivity index (χ1) is 3.31. The molecule has 1 radical (unpaired) electrons. The van der Waals surface area contributed by atoms with E-state index >= 15 is 0 Å². The van der Waals surface area contributed by atoms with Gasteiger partial charge >= 0.3 is 0 Å². The van der Waals surface area contributed by atoms with Crippen LogP contribution in [0.5, 0.6) is 0 Å². The molecule has 1 atom stereocenters. The van der Waals surface area contributed by atoms with Gasteiger partial charge in [0.25, 0.3) is 0 Å². The Hall–Kier alpha value is -0.520. The summed E-state index contributed by atoms with van der Waals surface area (Å²) in [6, 6.07) is 0. The van der Waals surface area contributed by atoms with Gasteiger partial charge in [0.15, 0.2) is 0 Å². The zero-order valence-electron chi connectivity index (χ0n) is 4.56. The molecule has 0 N–H and O–H groups in total. The quantitative estimate of drug-likeness (QED) is 0.471. The topological polar surface area (TPSA) is 0 Å². The molecule has 0 spiro atoms. The SMILES string of the molecule is [CH2]C(C=C)CC=C. The standard InChI is InChI=1S/C7H11/c1-4-6-7(3)5-2/h4-5,7H,1-3,6H2. The first kappa shape index (κ1) is 6.48. The van der Waals surface area contributed by atoms with Crippen molar-refractivity contribution in [2.75, 3.05) is 0 Å². The summed E-state index contributed by atoms with van der Waals surface area (Å²) >= 11 is 0. The van der Waals surface area contributed by atoms with Gasteiger partial charge in [-0.1, -0.05) is 12.2 Å². The van der Waals surface area contributed by atoms with Gasteiger partial charge in [-0.05, 0) is 19.3 Å². The third-order valence-corrected chi connectivity index (χ3v) is 0.803. The van der Waals surface area contributed by atoms with Crippen LogP contribution < -0.4 is 0 Å². The van der Waals surface area contributed by atoms with Gasteiger partial charge < -0.3 is 0 Å². The summed E-state index contributed by atoms with van der Waals surface area (Å²) in [5.74, 6) is 0.345. The molecule has 0 aromatic rings. The maximum absolute atomic E-state index is 3.76. The largest absolute Gasteiger partial charge is 0.103 e. The van der Waals surface area contributed by atoms with Crippen LogP contribution in [0, 0.1) is 12.8 Å². The van der Waals surface area contributed by atoms with E-state index < -0.39 is 0 Å². The first-order valence-electron chi connectivity index (χ1n) is 2.37. The predicted molar refractivity (Wildman–Crippen MR) is 33.9 cm³/mol. The second-order valence-electron chi connectivity index (χ2n) is 1.52. The molecule has 0 nitrogen and oxygen atoms in total. The molecule has 0 aliphatic carbocycles. The Labute approximate surface area is 45.5 Å². The molecule has 7 heavy (non-hydrogen) atoms. The molecule has 0 aromatic carbocycles. The molecule has 0 aliphatic rings. The van der Waals surface area contributed by atoms with Crippen molar-refractivity contribution in [1.82, 2.24) is 0 Å². The molecule has 0 saturated carbocycles. The molecule has 0 aromatic heterocycles. The fourth-order valence-corrected chi connectivity index (χ4v) is 0.310. The second kappa shape index (κ2) is 3.66. The molecule has 0 bridgehead atoms. The van der Waals surface area contributed by atoms with E-state index in [9.17, 15) is 0 Å². The Morgan fingerprint density at radius 2 is 2.00 bits per heavy atom. The lowest BCUT2D eigenvalue weighted by Crippen LogP contribution is -1.82. The van der Waals surface area contributed by atoms with Crippen LogP contribution in [0.1, 0.15) is 6.42 Å². The predicted octanol–water partition coefficient (Wildman–Crippen LogP) is 2.20. The summed E-state index contributed by atoms with van der Waals surface area (Å²) in [4.78, 5) is 0. The third kappa shape index (κ3) is 3.31. The molecular weight excluding hydrogens is 84.1 g/mol. The lowest BCUT2D eigenvalue weighted by atomic mass is 10.1. The Morgan fingerprint density at radius 1 is 1.43 bits per heavy atom. The lowest BCUT2D eigenvalue weighted by Gasteiger charge is -1.95. The van der Waals surface area contributed by atoms with Crippen molar-refractivity contribution in [1.29, 1.82) is 0 Å². The van der Waals surface area contributed by atoms with Gasteiger partial charge in [-0.25, -0.2) is 0 Å². The Balaban J connectivity index is 3.15. The van der Waals surface area contributed by atoms with Crippen LogP contribution in [0.15, 0.2) is 25.3 Å². The summed E-state index contributed by atoms with van der Waals surface area (Å²) in [5, 5.41) is 0. The highest BCUT2D eigenvalue weighted by Crippen LogP contribution is 1.99. The third-order valence-electron chi connectivity index (χ3n) is 0.803. The van der Waals surface area contributed by atoms with Gasteiger partial charge in [-0.2, -0.15) is 0 Å². The molecular formula is C7H11. The van der Waals surface area contributed by atoms with Crippen LogP contribution >= 0.6 is 0 Å². The van der Waals surface area contributed by atoms with Gasteiger partial charge in [-0.3, -0.25) is 0 Å². The maximum atomic E-state index is 3.76. The van der Waals surface area contributed by atoms with Gasteiger partial charge in [-0.15, -0.1) is 13.2 Å². The Morgan fingerprint density at radius 3 is 2.14 bits per heavy atom. The van der Waals surface area contributed by atoms with Crippen LogP contribution in [0.3, 0.4) is 0 Å². The summed E-state index contributed by atoms with van der Waals surface area (Å²) in [7, 11) is 0. The zero-order chi connectivity index (χ0) is 5.70. The van der Waals surface area contributed by atoms with E-state index in [0.717, 1.165) is 6.42 Å². The Kier molecular flexibility index (Phi) is 3.39. The highest BCUT2D eigenvalue weighted by Gasteiger charge is 1.86. The normalized spacial score (nSPS) is 12.7. The fourth-order valence-electron chi connectivity index (χ4n) is 0.310. The minimum atomic E-state index is 0.345. The van der Waals surface area contributed by atoms with Gasteiger partial charge in [0.1, 0.15) is 0 Å². The summed E-state index contributed by atoms with van der Waals surface area (Å²) in [6.45, 7) is 10.9. The average Bonchev–Trinajstić information content (AvgIpc) is 1.68. The van der Waals surface area contributed by atoms with E-state index in [-0.39, 0.29) is 0 Å². The summed E-state index contributed by atoms with van der Waals surface area (Å²) in [6.07, 6.45) is 4.60. The second-order valence-corrected chi connectivity index (χ2v) is 1.52. The van der Waals surface area contributed by atoms with E-state index in [1.165, 1.54) is 0 Å². The lowest BCUT2D eigenvalue weighted by molar-refractivity contribution is 0.832. The molecule has 0 saturated heterocycles. The van der Waals surface area contributed by atoms with Crippen molar-refractivity contribution in [2.45, 2.75) is 6.42 Å². The number of hydrogen-bond donors (Lipinski definition) is 0. The summed E-state index contributed by atoms with van der Waals surface area (Å²) < 4.78 is 0. The molecule has 1 unspecified atom stereocenters. The molecule has 0 fully saturated rings. The first-order valence-corrected chi connectivity index (χ1v) is 2.37.